The van der Waals surface area contributed by atoms with Gasteiger partial charge in [-0.3, -0.25) is 10.1 Å². The number of hydrogen-bond acceptors (Lipinski definition) is 5. The van der Waals surface area contributed by atoms with Gasteiger partial charge < -0.3 is 5.32 Å². The number of rotatable bonds is 6. The van der Waals surface area contributed by atoms with Gasteiger partial charge in [0.05, 0.1) is 28.4 Å². The number of halogens is 1. The highest BCUT2D eigenvalue weighted by Gasteiger charge is 2.10. The Morgan fingerprint density at radius 1 is 1.50 bits per heavy atom. The Morgan fingerprint density at radius 3 is 2.95 bits per heavy atom. The fourth-order valence-corrected chi connectivity index (χ4v) is 1.94. The molecule has 0 aliphatic rings. The van der Waals surface area contributed by atoms with E-state index in [1.54, 1.807) is 10.7 Å². The Hall–Kier alpha value is -1.99. The van der Waals surface area contributed by atoms with Gasteiger partial charge >= 0.3 is 0 Å². The number of nitro benzene ring substituents is 1. The van der Waals surface area contributed by atoms with Crippen LogP contribution in [-0.4, -0.2) is 26.5 Å². The molecule has 0 unspecified atom stereocenters. The highest BCUT2D eigenvalue weighted by atomic mass is 35.5. The molecule has 0 atom stereocenters. The molecule has 7 nitrogen and oxygen atoms in total. The van der Waals surface area contributed by atoms with Crippen LogP contribution in [0, 0.1) is 10.1 Å². The summed E-state index contributed by atoms with van der Waals surface area (Å²) in [6.45, 7) is 3.96. The van der Waals surface area contributed by atoms with Gasteiger partial charge in [0.2, 0.25) is 0 Å². The molecule has 0 saturated carbocycles. The van der Waals surface area contributed by atoms with E-state index < -0.39 is 4.92 Å². The zero-order valence-corrected chi connectivity index (χ0v) is 11.7. The summed E-state index contributed by atoms with van der Waals surface area (Å²) in [4.78, 5) is 10.2. The molecule has 1 N–H and O–H groups in total. The van der Waals surface area contributed by atoms with Gasteiger partial charge in [0.25, 0.3) is 5.69 Å². The van der Waals surface area contributed by atoms with E-state index in [0.29, 0.717) is 18.1 Å². The number of nitrogens with zero attached hydrogens (tertiary/aromatic N) is 4. The van der Waals surface area contributed by atoms with Crippen LogP contribution in [0.4, 0.5) is 5.69 Å². The largest absolute Gasteiger partial charge is 0.311 e. The lowest BCUT2D eigenvalue weighted by Crippen LogP contribution is -2.11. The van der Waals surface area contributed by atoms with Gasteiger partial charge in [-0.15, -0.1) is 5.10 Å². The summed E-state index contributed by atoms with van der Waals surface area (Å²) in [6, 6.07) is 4.40. The Kier molecular flexibility index (Phi) is 4.65. The molecular weight excluding hydrogens is 282 g/mol. The second kappa shape index (κ2) is 6.44. The van der Waals surface area contributed by atoms with Crippen LogP contribution in [0.25, 0.3) is 0 Å². The van der Waals surface area contributed by atoms with E-state index in [1.165, 1.54) is 12.1 Å². The Labute approximate surface area is 120 Å². The molecule has 2 rings (SSSR count). The molecule has 1 heterocycles. The van der Waals surface area contributed by atoms with Crippen molar-refractivity contribution in [3.05, 3.63) is 50.8 Å². The first-order valence-corrected chi connectivity index (χ1v) is 6.50. The van der Waals surface area contributed by atoms with Gasteiger partial charge in [0.15, 0.2) is 0 Å². The maximum Gasteiger partial charge on any atom is 0.270 e. The second-order valence-corrected chi connectivity index (χ2v) is 4.63. The molecule has 0 saturated heterocycles. The van der Waals surface area contributed by atoms with Gasteiger partial charge in [-0.2, -0.15) is 0 Å². The third-order valence-corrected chi connectivity index (χ3v) is 3.07. The topological polar surface area (TPSA) is 85.9 Å². The predicted octanol–water partition coefficient (Wildman–Crippen LogP) is 2.00. The average Bonchev–Trinajstić information content (AvgIpc) is 2.86. The molecule has 0 spiro atoms. The first-order chi connectivity index (χ1) is 9.60. The van der Waals surface area contributed by atoms with Gasteiger partial charge in [0.1, 0.15) is 0 Å². The van der Waals surface area contributed by atoms with Crippen LogP contribution in [0.2, 0.25) is 5.02 Å². The summed E-state index contributed by atoms with van der Waals surface area (Å²) in [5.74, 6) is 0. The standard InChI is InChI=1S/C12H14ClN5O2/c1-2-14-6-10-8-17(16-15-10)7-9-3-4-11(18(19)20)5-12(9)13/h3-5,8,14H,2,6-7H2,1H3. The first-order valence-electron chi connectivity index (χ1n) is 6.12. The van der Waals surface area contributed by atoms with E-state index in [1.807, 2.05) is 13.1 Å². The molecule has 0 bridgehead atoms. The zero-order chi connectivity index (χ0) is 14.5. The summed E-state index contributed by atoms with van der Waals surface area (Å²) in [6.07, 6.45) is 1.82. The molecule has 0 amide bonds. The molecule has 20 heavy (non-hydrogen) atoms. The van der Waals surface area contributed by atoms with Crippen LogP contribution in [-0.2, 0) is 13.1 Å². The summed E-state index contributed by atoms with van der Waals surface area (Å²) < 4.78 is 1.65. The molecule has 1 aromatic carbocycles. The quantitative estimate of drug-likeness (QED) is 0.650. The summed E-state index contributed by atoms with van der Waals surface area (Å²) >= 11 is 6.04. The van der Waals surface area contributed by atoms with E-state index >= 15 is 0 Å². The Bertz CT molecular complexity index is 614. The van der Waals surface area contributed by atoms with E-state index in [-0.39, 0.29) is 5.69 Å². The minimum Gasteiger partial charge on any atom is -0.311 e. The number of benzene rings is 1. The van der Waals surface area contributed by atoms with Crippen LogP contribution in [0.15, 0.2) is 24.4 Å². The maximum atomic E-state index is 10.6. The molecule has 2 aromatic rings. The van der Waals surface area contributed by atoms with Crippen molar-refractivity contribution in [2.24, 2.45) is 0 Å². The second-order valence-electron chi connectivity index (χ2n) is 4.22. The predicted molar refractivity (Wildman–Crippen MR) is 74.6 cm³/mol. The highest BCUT2D eigenvalue weighted by molar-refractivity contribution is 6.31. The van der Waals surface area contributed by atoms with Crippen LogP contribution in [0.3, 0.4) is 0 Å². The third kappa shape index (κ3) is 3.52. The molecule has 1 aromatic heterocycles. The minimum absolute atomic E-state index is 0.0230. The van der Waals surface area contributed by atoms with Crippen LogP contribution >= 0.6 is 11.6 Å². The number of nitro groups is 1. The van der Waals surface area contributed by atoms with E-state index in [4.69, 9.17) is 11.6 Å². The van der Waals surface area contributed by atoms with E-state index in [2.05, 4.69) is 15.6 Å². The van der Waals surface area contributed by atoms with Crippen molar-refractivity contribution < 1.29 is 4.92 Å². The van der Waals surface area contributed by atoms with Crippen molar-refractivity contribution in [3.63, 3.8) is 0 Å². The summed E-state index contributed by atoms with van der Waals surface area (Å²) in [5.41, 5.74) is 1.58. The van der Waals surface area contributed by atoms with Crippen LogP contribution < -0.4 is 5.32 Å². The van der Waals surface area contributed by atoms with Crippen LogP contribution in [0.1, 0.15) is 18.2 Å². The molecule has 0 aliphatic heterocycles. The lowest BCUT2D eigenvalue weighted by molar-refractivity contribution is -0.384. The molecule has 8 heteroatoms. The smallest absolute Gasteiger partial charge is 0.270 e. The fraction of sp³-hybridized carbons (Fsp3) is 0.333. The van der Waals surface area contributed by atoms with Gasteiger partial charge in [-0.25, -0.2) is 4.68 Å². The van der Waals surface area contributed by atoms with Crippen molar-refractivity contribution in [1.29, 1.82) is 0 Å². The van der Waals surface area contributed by atoms with Crippen LogP contribution in [0.5, 0.6) is 0 Å². The van der Waals surface area contributed by atoms with Gasteiger partial charge in [0, 0.05) is 18.7 Å². The first kappa shape index (κ1) is 14.4. The average molecular weight is 296 g/mol. The lowest BCUT2D eigenvalue weighted by Gasteiger charge is -2.03. The highest BCUT2D eigenvalue weighted by Crippen LogP contribution is 2.22. The number of nitrogens with one attached hydrogen (secondary N) is 1. The molecule has 0 aliphatic carbocycles. The summed E-state index contributed by atoms with van der Waals surface area (Å²) in [5, 5.41) is 22.2. The Balaban J connectivity index is 2.09. The zero-order valence-electron chi connectivity index (χ0n) is 10.9. The maximum absolute atomic E-state index is 10.6. The fourth-order valence-electron chi connectivity index (χ4n) is 1.70. The van der Waals surface area contributed by atoms with Gasteiger partial charge in [-0.05, 0) is 18.2 Å². The monoisotopic (exact) mass is 295 g/mol. The lowest BCUT2D eigenvalue weighted by atomic mass is 10.2. The van der Waals surface area contributed by atoms with Crippen molar-refractivity contribution in [3.8, 4) is 0 Å². The number of aromatic nitrogens is 3. The summed E-state index contributed by atoms with van der Waals surface area (Å²) in [7, 11) is 0. The van der Waals surface area contributed by atoms with Crippen molar-refractivity contribution in [2.75, 3.05) is 6.54 Å². The van der Waals surface area contributed by atoms with Gasteiger partial charge in [-0.1, -0.05) is 23.7 Å². The molecular formula is C12H14ClN5O2. The normalized spacial score (nSPS) is 10.7. The molecule has 0 fully saturated rings. The number of non-ortho nitro benzene ring substituents is 1. The van der Waals surface area contributed by atoms with E-state index in [9.17, 15) is 10.1 Å². The van der Waals surface area contributed by atoms with Crippen molar-refractivity contribution >= 4 is 17.3 Å². The molecule has 0 radical (unpaired) electrons. The minimum atomic E-state index is -0.473. The van der Waals surface area contributed by atoms with Crippen molar-refractivity contribution in [2.45, 2.75) is 20.0 Å². The Morgan fingerprint density at radius 2 is 2.30 bits per heavy atom. The number of hydrogen-bond donors (Lipinski definition) is 1. The van der Waals surface area contributed by atoms with E-state index in [0.717, 1.165) is 17.8 Å². The third-order valence-electron chi connectivity index (χ3n) is 2.72. The van der Waals surface area contributed by atoms with Crippen molar-refractivity contribution in [1.82, 2.24) is 20.3 Å². The SMILES string of the molecule is CCNCc1cn(Cc2ccc([N+](=O)[O-])cc2Cl)nn1. The molecule has 106 valence electrons.